The number of halogens is 1. The van der Waals surface area contributed by atoms with Crippen molar-refractivity contribution in [1.82, 2.24) is 10.2 Å². The molecule has 0 bridgehead atoms. The normalized spacial score (nSPS) is 25.5. The zero-order chi connectivity index (χ0) is 13.1. The number of benzene rings is 1. The first kappa shape index (κ1) is 12.9. The summed E-state index contributed by atoms with van der Waals surface area (Å²) in [6, 6.07) is 7.55. The molecule has 0 unspecified atom stereocenters. The van der Waals surface area contributed by atoms with Crippen LogP contribution in [0.15, 0.2) is 24.3 Å². The van der Waals surface area contributed by atoms with Crippen LogP contribution >= 0.6 is 0 Å². The van der Waals surface area contributed by atoms with Gasteiger partial charge >= 0.3 is 0 Å². The highest BCUT2D eigenvalue weighted by atomic mass is 19.1. The van der Waals surface area contributed by atoms with Crippen LogP contribution in [0.5, 0.6) is 0 Å². The fraction of sp³-hybridized carbons (Fsp3) is 0.600. The van der Waals surface area contributed by atoms with E-state index in [1.807, 2.05) is 12.1 Å². The van der Waals surface area contributed by atoms with E-state index in [2.05, 4.69) is 15.1 Å². The van der Waals surface area contributed by atoms with Gasteiger partial charge in [0.05, 0.1) is 0 Å². The second-order valence-corrected chi connectivity index (χ2v) is 5.50. The van der Waals surface area contributed by atoms with E-state index >= 15 is 0 Å². The zero-order valence-electron chi connectivity index (χ0n) is 11.3. The second-order valence-electron chi connectivity index (χ2n) is 5.50. The fourth-order valence-corrected chi connectivity index (χ4v) is 3.16. The summed E-state index contributed by atoms with van der Waals surface area (Å²) in [6.07, 6.45) is 2.46. The lowest BCUT2D eigenvalue weighted by Crippen LogP contribution is -2.39. The van der Waals surface area contributed by atoms with Gasteiger partial charge in [0.1, 0.15) is 5.82 Å². The van der Waals surface area contributed by atoms with Gasteiger partial charge in [0.15, 0.2) is 0 Å². The largest absolute Gasteiger partial charge is 0.370 e. The number of nitrogens with one attached hydrogen (secondary N) is 1. The van der Waals surface area contributed by atoms with Crippen LogP contribution in [0.3, 0.4) is 0 Å². The van der Waals surface area contributed by atoms with E-state index < -0.39 is 0 Å². The van der Waals surface area contributed by atoms with Gasteiger partial charge in [-0.1, -0.05) is 0 Å². The Balaban J connectivity index is 1.61. The topological polar surface area (TPSA) is 18.5 Å². The molecular weight excluding hydrogens is 241 g/mol. The summed E-state index contributed by atoms with van der Waals surface area (Å²) in [6.45, 7) is 6.76. The number of hydrogen-bond donors (Lipinski definition) is 1. The van der Waals surface area contributed by atoms with Gasteiger partial charge in [-0.15, -0.1) is 0 Å². The van der Waals surface area contributed by atoms with Crippen molar-refractivity contribution in [2.45, 2.75) is 18.9 Å². The molecule has 0 aromatic heterocycles. The highest BCUT2D eigenvalue weighted by Gasteiger charge is 2.27. The minimum Gasteiger partial charge on any atom is -0.370 e. The molecule has 19 heavy (non-hydrogen) atoms. The van der Waals surface area contributed by atoms with Crippen molar-refractivity contribution in [2.75, 3.05) is 44.2 Å². The van der Waals surface area contributed by atoms with Crippen LogP contribution < -0.4 is 10.2 Å². The van der Waals surface area contributed by atoms with E-state index in [9.17, 15) is 4.39 Å². The highest BCUT2D eigenvalue weighted by Crippen LogP contribution is 2.23. The Bertz CT molecular complexity index is 398. The predicted octanol–water partition coefficient (Wildman–Crippen LogP) is 1.70. The van der Waals surface area contributed by atoms with Crippen LogP contribution in [0.4, 0.5) is 10.1 Å². The molecule has 0 saturated carbocycles. The fourth-order valence-electron chi connectivity index (χ4n) is 3.16. The highest BCUT2D eigenvalue weighted by molar-refractivity contribution is 5.47. The van der Waals surface area contributed by atoms with Gasteiger partial charge in [-0.25, -0.2) is 4.39 Å². The van der Waals surface area contributed by atoms with Crippen molar-refractivity contribution in [3.63, 3.8) is 0 Å². The lowest BCUT2D eigenvalue weighted by Gasteiger charge is -2.27. The minimum atomic E-state index is -0.155. The molecule has 4 heteroatoms. The summed E-state index contributed by atoms with van der Waals surface area (Å²) in [4.78, 5) is 4.99. The van der Waals surface area contributed by atoms with Gasteiger partial charge in [-0.05, 0) is 50.2 Å². The molecule has 3 rings (SSSR count). The van der Waals surface area contributed by atoms with E-state index in [-0.39, 0.29) is 5.82 Å². The summed E-state index contributed by atoms with van der Waals surface area (Å²) in [5, 5.41) is 3.45. The summed E-state index contributed by atoms with van der Waals surface area (Å²) in [7, 11) is 0. The molecule has 1 atom stereocenters. The standard InChI is InChI=1S/C15H22FN3/c16-13-2-4-14(5-3-13)19-10-6-15(12-19)18-9-1-7-17-8-11-18/h2-5,15,17H,1,6-12H2/t15-/m1/s1. The Morgan fingerprint density at radius 2 is 1.89 bits per heavy atom. The van der Waals surface area contributed by atoms with Gasteiger partial charge in [-0.3, -0.25) is 4.90 Å². The van der Waals surface area contributed by atoms with Crippen LogP contribution in [0.1, 0.15) is 12.8 Å². The van der Waals surface area contributed by atoms with Crippen molar-refractivity contribution in [3.8, 4) is 0 Å². The molecule has 0 amide bonds. The summed E-state index contributed by atoms with van der Waals surface area (Å²) in [5.41, 5.74) is 1.15. The van der Waals surface area contributed by atoms with Crippen molar-refractivity contribution in [2.24, 2.45) is 0 Å². The van der Waals surface area contributed by atoms with Crippen LogP contribution in [-0.2, 0) is 0 Å². The van der Waals surface area contributed by atoms with E-state index in [1.54, 1.807) is 12.1 Å². The molecule has 0 radical (unpaired) electrons. The third kappa shape index (κ3) is 3.07. The molecular formula is C15H22FN3. The van der Waals surface area contributed by atoms with E-state index in [0.29, 0.717) is 6.04 Å². The quantitative estimate of drug-likeness (QED) is 0.876. The molecule has 1 aromatic rings. The Morgan fingerprint density at radius 3 is 2.74 bits per heavy atom. The zero-order valence-corrected chi connectivity index (χ0v) is 11.3. The molecule has 3 nitrogen and oxygen atoms in total. The summed E-state index contributed by atoms with van der Waals surface area (Å²) >= 11 is 0. The van der Waals surface area contributed by atoms with E-state index in [1.165, 1.54) is 19.4 Å². The summed E-state index contributed by atoms with van der Waals surface area (Å²) in [5.74, 6) is -0.155. The molecule has 2 aliphatic rings. The molecule has 1 aromatic carbocycles. The van der Waals surface area contributed by atoms with Crippen molar-refractivity contribution in [1.29, 1.82) is 0 Å². The number of hydrogen-bond acceptors (Lipinski definition) is 3. The Hall–Kier alpha value is -1.13. The van der Waals surface area contributed by atoms with Crippen molar-refractivity contribution >= 4 is 5.69 Å². The first-order chi connectivity index (χ1) is 9.33. The smallest absolute Gasteiger partial charge is 0.123 e. The molecule has 2 fully saturated rings. The molecule has 2 aliphatic heterocycles. The van der Waals surface area contributed by atoms with Gasteiger partial charge in [-0.2, -0.15) is 0 Å². The van der Waals surface area contributed by atoms with E-state index in [4.69, 9.17) is 0 Å². The van der Waals surface area contributed by atoms with Gasteiger partial charge < -0.3 is 10.2 Å². The molecule has 1 N–H and O–H groups in total. The minimum absolute atomic E-state index is 0.155. The van der Waals surface area contributed by atoms with Gasteiger partial charge in [0.25, 0.3) is 0 Å². The molecule has 0 aliphatic carbocycles. The predicted molar refractivity (Wildman–Crippen MR) is 76.1 cm³/mol. The monoisotopic (exact) mass is 263 g/mol. The van der Waals surface area contributed by atoms with Crippen LogP contribution in [0.25, 0.3) is 0 Å². The lowest BCUT2D eigenvalue weighted by molar-refractivity contribution is 0.224. The molecule has 2 heterocycles. The first-order valence-electron chi connectivity index (χ1n) is 7.28. The maximum Gasteiger partial charge on any atom is 0.123 e. The molecule has 2 saturated heterocycles. The third-order valence-corrected chi connectivity index (χ3v) is 4.25. The van der Waals surface area contributed by atoms with Crippen LogP contribution in [-0.4, -0.2) is 50.2 Å². The first-order valence-corrected chi connectivity index (χ1v) is 7.28. The van der Waals surface area contributed by atoms with Crippen molar-refractivity contribution in [3.05, 3.63) is 30.1 Å². The Morgan fingerprint density at radius 1 is 1.05 bits per heavy atom. The summed E-state index contributed by atoms with van der Waals surface area (Å²) < 4.78 is 13.0. The SMILES string of the molecule is Fc1ccc(N2CC[C@@H](N3CCCNCC3)C2)cc1. The third-order valence-electron chi connectivity index (χ3n) is 4.25. The molecule has 0 spiro atoms. The number of nitrogens with zero attached hydrogens (tertiary/aromatic N) is 2. The molecule has 104 valence electrons. The Kier molecular flexibility index (Phi) is 3.99. The lowest BCUT2D eigenvalue weighted by atomic mass is 10.2. The van der Waals surface area contributed by atoms with E-state index in [0.717, 1.165) is 38.4 Å². The van der Waals surface area contributed by atoms with Crippen LogP contribution in [0, 0.1) is 5.82 Å². The maximum atomic E-state index is 13.0. The number of rotatable bonds is 2. The van der Waals surface area contributed by atoms with Gasteiger partial charge in [0, 0.05) is 37.9 Å². The second kappa shape index (κ2) is 5.88. The number of anilines is 1. The van der Waals surface area contributed by atoms with Crippen molar-refractivity contribution < 1.29 is 4.39 Å². The average molecular weight is 263 g/mol. The van der Waals surface area contributed by atoms with Gasteiger partial charge in [0.2, 0.25) is 0 Å². The average Bonchev–Trinajstić information content (AvgIpc) is 2.76. The Labute approximate surface area is 114 Å². The van der Waals surface area contributed by atoms with Crippen LogP contribution in [0.2, 0.25) is 0 Å². The maximum absolute atomic E-state index is 13.0.